The number of para-hydroxylation sites is 1. The Hall–Kier alpha value is -3.12. The van der Waals surface area contributed by atoms with Crippen LogP contribution in [0, 0.1) is 0 Å². The molecule has 1 aliphatic rings. The van der Waals surface area contributed by atoms with Gasteiger partial charge in [0.25, 0.3) is 10.0 Å². The van der Waals surface area contributed by atoms with Crippen molar-refractivity contribution in [1.82, 2.24) is 4.41 Å². The van der Waals surface area contributed by atoms with Crippen LogP contribution in [0.5, 0.6) is 5.75 Å². The highest BCUT2D eigenvalue weighted by Crippen LogP contribution is 2.40. The Labute approximate surface area is 164 Å². The van der Waals surface area contributed by atoms with E-state index in [9.17, 15) is 8.42 Å². The maximum Gasteiger partial charge on any atom is 0.279 e. The Morgan fingerprint density at radius 1 is 0.893 bits per heavy atom. The highest BCUT2D eigenvalue weighted by atomic mass is 32.2. The monoisotopic (exact) mass is 392 g/mol. The van der Waals surface area contributed by atoms with Gasteiger partial charge in [0.05, 0.1) is 23.8 Å². The topological polar surface area (TPSA) is 59.0 Å². The first kappa shape index (κ1) is 18.3. The molecule has 0 aromatic heterocycles. The average molecular weight is 392 g/mol. The van der Waals surface area contributed by atoms with Crippen LogP contribution in [0.3, 0.4) is 0 Å². The molecular weight excluding hydrogens is 372 g/mol. The Balaban J connectivity index is 1.84. The van der Waals surface area contributed by atoms with Gasteiger partial charge in [-0.05, 0) is 23.8 Å². The summed E-state index contributed by atoms with van der Waals surface area (Å²) in [5, 5.41) is 4.55. The minimum absolute atomic E-state index is 0.216. The molecule has 1 heterocycles. The molecule has 1 aliphatic heterocycles. The second-order valence-electron chi connectivity index (χ2n) is 6.47. The number of ether oxygens (including phenoxy) is 1. The van der Waals surface area contributed by atoms with E-state index in [1.807, 2.05) is 54.6 Å². The van der Waals surface area contributed by atoms with Crippen LogP contribution in [0.1, 0.15) is 23.6 Å². The predicted molar refractivity (Wildman–Crippen MR) is 109 cm³/mol. The maximum atomic E-state index is 13.4. The lowest BCUT2D eigenvalue weighted by atomic mass is 9.98. The van der Waals surface area contributed by atoms with Gasteiger partial charge in [0.2, 0.25) is 0 Å². The molecule has 0 radical (unpaired) electrons. The van der Waals surface area contributed by atoms with Crippen molar-refractivity contribution in [3.05, 3.63) is 96.1 Å². The predicted octanol–water partition coefficient (Wildman–Crippen LogP) is 4.24. The zero-order chi connectivity index (χ0) is 19.6. The van der Waals surface area contributed by atoms with Crippen molar-refractivity contribution in [2.45, 2.75) is 17.4 Å². The van der Waals surface area contributed by atoms with Crippen LogP contribution in [0.15, 0.2) is 94.9 Å². The molecule has 4 rings (SSSR count). The maximum absolute atomic E-state index is 13.4. The molecule has 0 fully saturated rings. The van der Waals surface area contributed by atoms with Gasteiger partial charge in [-0.1, -0.05) is 66.7 Å². The molecule has 0 amide bonds. The molecule has 0 unspecified atom stereocenters. The van der Waals surface area contributed by atoms with Crippen molar-refractivity contribution in [2.24, 2.45) is 5.10 Å². The number of methoxy groups -OCH3 is 1. The van der Waals surface area contributed by atoms with E-state index in [1.165, 1.54) is 4.41 Å². The standard InChI is InChI=1S/C22H20N2O3S/c1-27-22-15-9-8-14-19(22)21-16-20(17-10-4-2-5-11-17)23-24(21)28(25,26)18-12-6-3-7-13-18/h2-15,21H,16H2,1H3/t21-/m1/s1. The minimum Gasteiger partial charge on any atom is -0.496 e. The third-order valence-corrected chi connectivity index (χ3v) is 6.46. The number of hydrazone groups is 1. The van der Waals surface area contributed by atoms with Gasteiger partial charge in [-0.25, -0.2) is 0 Å². The first-order chi connectivity index (χ1) is 13.6. The molecule has 5 nitrogen and oxygen atoms in total. The summed E-state index contributed by atoms with van der Waals surface area (Å²) in [4.78, 5) is 0.216. The molecule has 6 heteroatoms. The summed E-state index contributed by atoms with van der Waals surface area (Å²) >= 11 is 0. The van der Waals surface area contributed by atoms with Crippen molar-refractivity contribution < 1.29 is 13.2 Å². The van der Waals surface area contributed by atoms with E-state index in [0.717, 1.165) is 16.8 Å². The van der Waals surface area contributed by atoms with Crippen molar-refractivity contribution in [3.63, 3.8) is 0 Å². The van der Waals surface area contributed by atoms with Crippen LogP contribution >= 0.6 is 0 Å². The van der Waals surface area contributed by atoms with Crippen molar-refractivity contribution in [1.29, 1.82) is 0 Å². The molecule has 3 aromatic carbocycles. The Morgan fingerprint density at radius 2 is 1.50 bits per heavy atom. The molecule has 0 bridgehead atoms. The van der Waals surface area contributed by atoms with Crippen LogP contribution < -0.4 is 4.74 Å². The Morgan fingerprint density at radius 3 is 2.18 bits per heavy atom. The van der Waals surface area contributed by atoms with E-state index in [4.69, 9.17) is 4.74 Å². The van der Waals surface area contributed by atoms with Crippen LogP contribution in [0.2, 0.25) is 0 Å². The van der Waals surface area contributed by atoms with Gasteiger partial charge >= 0.3 is 0 Å². The zero-order valence-electron chi connectivity index (χ0n) is 15.4. The normalized spacial score (nSPS) is 16.7. The SMILES string of the molecule is COc1ccccc1[C@H]1CC(c2ccccc2)=NN1S(=O)(=O)c1ccccc1. The van der Waals surface area contributed by atoms with E-state index >= 15 is 0 Å². The zero-order valence-corrected chi connectivity index (χ0v) is 16.2. The van der Waals surface area contributed by atoms with Crippen molar-refractivity contribution in [3.8, 4) is 5.75 Å². The summed E-state index contributed by atoms with van der Waals surface area (Å²) < 4.78 is 33.5. The van der Waals surface area contributed by atoms with Crippen LogP contribution in [-0.4, -0.2) is 25.7 Å². The Bertz CT molecular complexity index is 1100. The van der Waals surface area contributed by atoms with Gasteiger partial charge in [-0.15, -0.1) is 0 Å². The second-order valence-corrected chi connectivity index (χ2v) is 8.26. The van der Waals surface area contributed by atoms with Crippen molar-refractivity contribution in [2.75, 3.05) is 7.11 Å². The first-order valence-electron chi connectivity index (χ1n) is 8.96. The van der Waals surface area contributed by atoms with E-state index < -0.39 is 16.1 Å². The van der Waals surface area contributed by atoms with Gasteiger partial charge < -0.3 is 4.74 Å². The fourth-order valence-corrected chi connectivity index (χ4v) is 4.84. The molecule has 0 aliphatic carbocycles. The van der Waals surface area contributed by atoms with Crippen LogP contribution in [0.4, 0.5) is 0 Å². The number of benzene rings is 3. The Kier molecular flexibility index (Phi) is 4.88. The largest absolute Gasteiger partial charge is 0.496 e. The van der Waals surface area contributed by atoms with Crippen molar-refractivity contribution >= 4 is 15.7 Å². The third-order valence-electron chi connectivity index (χ3n) is 4.76. The van der Waals surface area contributed by atoms with Gasteiger partial charge in [-0.3, -0.25) is 0 Å². The minimum atomic E-state index is -3.81. The lowest BCUT2D eigenvalue weighted by Gasteiger charge is -2.24. The quantitative estimate of drug-likeness (QED) is 0.653. The van der Waals surface area contributed by atoms with E-state index in [2.05, 4.69) is 5.10 Å². The average Bonchev–Trinajstić information content (AvgIpc) is 3.21. The molecule has 0 saturated carbocycles. The van der Waals surface area contributed by atoms with E-state index in [-0.39, 0.29) is 4.90 Å². The summed E-state index contributed by atoms with van der Waals surface area (Å²) in [6.07, 6.45) is 0.469. The summed E-state index contributed by atoms with van der Waals surface area (Å²) in [5.74, 6) is 0.644. The molecule has 1 atom stereocenters. The molecule has 3 aromatic rings. The molecule has 0 spiro atoms. The van der Waals surface area contributed by atoms with Crippen LogP contribution in [-0.2, 0) is 10.0 Å². The van der Waals surface area contributed by atoms with Gasteiger partial charge in [-0.2, -0.15) is 17.9 Å². The lowest BCUT2D eigenvalue weighted by molar-refractivity contribution is 0.350. The van der Waals surface area contributed by atoms with Gasteiger partial charge in [0.1, 0.15) is 5.75 Å². The van der Waals surface area contributed by atoms with Gasteiger partial charge in [0.15, 0.2) is 0 Å². The molecule has 0 saturated heterocycles. The second kappa shape index (κ2) is 7.48. The number of hydrogen-bond acceptors (Lipinski definition) is 4. The number of hydrogen-bond donors (Lipinski definition) is 0. The molecule has 28 heavy (non-hydrogen) atoms. The first-order valence-corrected chi connectivity index (χ1v) is 10.4. The highest BCUT2D eigenvalue weighted by Gasteiger charge is 2.38. The van der Waals surface area contributed by atoms with Gasteiger partial charge in [0, 0.05) is 12.0 Å². The lowest BCUT2D eigenvalue weighted by Crippen LogP contribution is -2.27. The number of nitrogens with zero attached hydrogens (tertiary/aromatic N) is 2. The summed E-state index contributed by atoms with van der Waals surface area (Å²) in [7, 11) is -2.23. The third kappa shape index (κ3) is 3.27. The molecule has 0 N–H and O–H groups in total. The van der Waals surface area contributed by atoms with E-state index in [0.29, 0.717) is 12.2 Å². The molecule has 142 valence electrons. The van der Waals surface area contributed by atoms with E-state index in [1.54, 1.807) is 37.4 Å². The molecular formula is C22H20N2O3S. The number of sulfonamides is 1. The van der Waals surface area contributed by atoms with Crippen LogP contribution in [0.25, 0.3) is 0 Å². The fourth-order valence-electron chi connectivity index (χ4n) is 3.39. The smallest absolute Gasteiger partial charge is 0.279 e. The fraction of sp³-hybridized carbons (Fsp3) is 0.136. The summed E-state index contributed by atoms with van der Waals surface area (Å²) in [6, 6.07) is 25.0. The highest BCUT2D eigenvalue weighted by molar-refractivity contribution is 7.89. The summed E-state index contributed by atoms with van der Waals surface area (Å²) in [6.45, 7) is 0. The number of rotatable bonds is 5. The summed E-state index contributed by atoms with van der Waals surface area (Å²) in [5.41, 5.74) is 2.43.